The van der Waals surface area contributed by atoms with E-state index in [0.29, 0.717) is 12.8 Å². The van der Waals surface area contributed by atoms with Crippen LogP contribution in [0.2, 0.25) is 0 Å². The van der Waals surface area contributed by atoms with E-state index in [1.807, 2.05) is 13.8 Å². The molecule has 2 saturated carbocycles. The lowest BCUT2D eigenvalue weighted by Crippen LogP contribution is -2.46. The van der Waals surface area contributed by atoms with Crippen molar-refractivity contribution in [1.82, 2.24) is 5.32 Å². The molecule has 4 heteroatoms. The molecule has 0 aromatic rings. The summed E-state index contributed by atoms with van der Waals surface area (Å²) in [4.78, 5) is 35.3. The van der Waals surface area contributed by atoms with Gasteiger partial charge >= 0.3 is 0 Å². The highest BCUT2D eigenvalue weighted by Crippen LogP contribution is 2.34. The van der Waals surface area contributed by atoms with Gasteiger partial charge in [-0.1, -0.05) is 13.8 Å². The highest BCUT2D eigenvalue weighted by Gasteiger charge is 2.44. The fourth-order valence-corrected chi connectivity index (χ4v) is 2.19. The second-order valence-electron chi connectivity index (χ2n) is 5.67. The summed E-state index contributed by atoms with van der Waals surface area (Å²) in [6.45, 7) is 3.77. The first-order valence-corrected chi connectivity index (χ1v) is 5.75. The first-order chi connectivity index (χ1) is 7.39. The van der Waals surface area contributed by atoms with Gasteiger partial charge in [0.2, 0.25) is 5.91 Å². The standard InChI is InChI=1S/C12H17NO3/c1-12(2)5-8(14)10(9(15)6-12)11(16)13-7-3-4-7/h7,10H,3-6H2,1-2H3,(H,13,16). The van der Waals surface area contributed by atoms with Gasteiger partial charge < -0.3 is 5.32 Å². The van der Waals surface area contributed by atoms with Crippen LogP contribution >= 0.6 is 0 Å². The predicted molar refractivity (Wildman–Crippen MR) is 57.7 cm³/mol. The van der Waals surface area contributed by atoms with Crippen LogP contribution in [0.1, 0.15) is 39.5 Å². The van der Waals surface area contributed by atoms with Gasteiger partial charge in [-0.25, -0.2) is 0 Å². The molecule has 0 bridgehead atoms. The molecule has 0 spiro atoms. The molecule has 16 heavy (non-hydrogen) atoms. The van der Waals surface area contributed by atoms with E-state index in [2.05, 4.69) is 5.32 Å². The van der Waals surface area contributed by atoms with Crippen molar-refractivity contribution < 1.29 is 14.4 Å². The highest BCUT2D eigenvalue weighted by atomic mass is 16.2. The molecule has 0 heterocycles. The van der Waals surface area contributed by atoms with Crippen molar-refractivity contribution in [2.24, 2.45) is 11.3 Å². The third kappa shape index (κ3) is 2.31. The molecule has 0 radical (unpaired) electrons. The number of amides is 1. The van der Waals surface area contributed by atoms with E-state index in [1.54, 1.807) is 0 Å². The van der Waals surface area contributed by atoms with E-state index >= 15 is 0 Å². The molecule has 0 atom stereocenters. The average molecular weight is 223 g/mol. The Bertz CT molecular complexity index is 324. The quantitative estimate of drug-likeness (QED) is 0.705. The lowest BCUT2D eigenvalue weighted by atomic mass is 9.71. The van der Waals surface area contributed by atoms with E-state index in [-0.39, 0.29) is 28.9 Å². The molecule has 0 aliphatic heterocycles. The molecule has 2 rings (SSSR count). The maximum atomic E-state index is 11.8. The Labute approximate surface area is 94.8 Å². The zero-order chi connectivity index (χ0) is 11.9. The minimum Gasteiger partial charge on any atom is -0.352 e. The van der Waals surface area contributed by atoms with Crippen molar-refractivity contribution in [3.63, 3.8) is 0 Å². The van der Waals surface area contributed by atoms with Crippen LogP contribution in [-0.2, 0) is 14.4 Å². The SMILES string of the molecule is CC1(C)CC(=O)C(C(=O)NC2CC2)C(=O)C1. The summed E-state index contributed by atoms with van der Waals surface area (Å²) in [6.07, 6.45) is 2.57. The molecule has 2 aliphatic carbocycles. The first-order valence-electron chi connectivity index (χ1n) is 5.75. The Hall–Kier alpha value is -1.19. The summed E-state index contributed by atoms with van der Waals surface area (Å²) in [7, 11) is 0. The molecule has 0 aromatic carbocycles. The van der Waals surface area contributed by atoms with Crippen LogP contribution < -0.4 is 5.32 Å². The zero-order valence-electron chi connectivity index (χ0n) is 9.71. The summed E-state index contributed by atoms with van der Waals surface area (Å²) < 4.78 is 0. The molecule has 2 aliphatic rings. The van der Waals surface area contributed by atoms with Gasteiger partial charge in [-0.2, -0.15) is 0 Å². The Kier molecular flexibility index (Phi) is 2.60. The second kappa shape index (κ2) is 3.68. The van der Waals surface area contributed by atoms with E-state index < -0.39 is 5.92 Å². The Morgan fingerprint density at radius 1 is 1.19 bits per heavy atom. The normalized spacial score (nSPS) is 25.6. The molecule has 4 nitrogen and oxygen atoms in total. The zero-order valence-corrected chi connectivity index (χ0v) is 9.71. The Morgan fingerprint density at radius 3 is 2.12 bits per heavy atom. The third-order valence-electron chi connectivity index (χ3n) is 3.14. The van der Waals surface area contributed by atoms with Gasteiger partial charge in [-0.15, -0.1) is 0 Å². The fourth-order valence-electron chi connectivity index (χ4n) is 2.19. The number of rotatable bonds is 2. The third-order valence-corrected chi connectivity index (χ3v) is 3.14. The minimum absolute atomic E-state index is 0.197. The van der Waals surface area contributed by atoms with Crippen molar-refractivity contribution in [2.75, 3.05) is 0 Å². The lowest BCUT2D eigenvalue weighted by molar-refractivity contribution is -0.146. The second-order valence-corrected chi connectivity index (χ2v) is 5.67. The average Bonchev–Trinajstić information content (AvgIpc) is 2.83. The molecule has 0 unspecified atom stereocenters. The summed E-state index contributed by atoms with van der Waals surface area (Å²) in [5, 5.41) is 2.73. The number of carbonyl (C=O) groups is 3. The van der Waals surface area contributed by atoms with Gasteiger partial charge in [0.15, 0.2) is 17.5 Å². The van der Waals surface area contributed by atoms with Crippen LogP contribution in [-0.4, -0.2) is 23.5 Å². The summed E-state index contributed by atoms with van der Waals surface area (Å²) in [6, 6.07) is 0.197. The van der Waals surface area contributed by atoms with Crippen LogP contribution in [0.15, 0.2) is 0 Å². The molecular weight excluding hydrogens is 206 g/mol. The highest BCUT2D eigenvalue weighted by molar-refractivity contribution is 6.20. The first kappa shape index (κ1) is 11.3. The topological polar surface area (TPSA) is 63.2 Å². The predicted octanol–water partition coefficient (Wildman–Crippen LogP) is 0.839. The van der Waals surface area contributed by atoms with Crippen molar-refractivity contribution in [3.8, 4) is 0 Å². The molecule has 0 saturated heterocycles. The van der Waals surface area contributed by atoms with Gasteiger partial charge in [-0.05, 0) is 18.3 Å². The maximum Gasteiger partial charge on any atom is 0.238 e. The van der Waals surface area contributed by atoms with Crippen LogP contribution in [0, 0.1) is 11.3 Å². The van der Waals surface area contributed by atoms with Crippen LogP contribution in [0.5, 0.6) is 0 Å². The minimum atomic E-state index is -1.03. The number of carbonyl (C=O) groups excluding carboxylic acids is 3. The summed E-state index contributed by atoms with van der Waals surface area (Å²) >= 11 is 0. The van der Waals surface area contributed by atoms with E-state index in [0.717, 1.165) is 12.8 Å². The molecular formula is C12H17NO3. The van der Waals surface area contributed by atoms with Gasteiger partial charge in [-0.3, -0.25) is 14.4 Å². The molecule has 88 valence electrons. The summed E-state index contributed by atoms with van der Waals surface area (Å²) in [5.74, 6) is -1.86. The molecule has 1 N–H and O–H groups in total. The number of hydrogen-bond acceptors (Lipinski definition) is 3. The number of Topliss-reactive ketones (excluding diaryl/α,β-unsaturated/α-hetero) is 2. The number of hydrogen-bond donors (Lipinski definition) is 1. The van der Waals surface area contributed by atoms with E-state index in [1.165, 1.54) is 0 Å². The van der Waals surface area contributed by atoms with Gasteiger partial charge in [0, 0.05) is 18.9 Å². The van der Waals surface area contributed by atoms with Crippen molar-refractivity contribution in [1.29, 1.82) is 0 Å². The maximum absolute atomic E-state index is 11.8. The Balaban J connectivity index is 2.06. The Morgan fingerprint density at radius 2 is 1.69 bits per heavy atom. The van der Waals surface area contributed by atoms with Crippen LogP contribution in [0.3, 0.4) is 0 Å². The van der Waals surface area contributed by atoms with Gasteiger partial charge in [0.1, 0.15) is 0 Å². The van der Waals surface area contributed by atoms with Gasteiger partial charge in [0.25, 0.3) is 0 Å². The van der Waals surface area contributed by atoms with Gasteiger partial charge in [0.05, 0.1) is 0 Å². The molecule has 2 fully saturated rings. The van der Waals surface area contributed by atoms with Crippen molar-refractivity contribution in [2.45, 2.75) is 45.6 Å². The number of ketones is 2. The van der Waals surface area contributed by atoms with Crippen molar-refractivity contribution >= 4 is 17.5 Å². The largest absolute Gasteiger partial charge is 0.352 e. The van der Waals surface area contributed by atoms with E-state index in [9.17, 15) is 14.4 Å². The fraction of sp³-hybridized carbons (Fsp3) is 0.750. The molecule has 1 amide bonds. The smallest absolute Gasteiger partial charge is 0.238 e. The molecule has 0 aromatic heterocycles. The van der Waals surface area contributed by atoms with E-state index in [4.69, 9.17) is 0 Å². The monoisotopic (exact) mass is 223 g/mol. The number of nitrogens with one attached hydrogen (secondary N) is 1. The van der Waals surface area contributed by atoms with Crippen LogP contribution in [0.25, 0.3) is 0 Å². The lowest BCUT2D eigenvalue weighted by Gasteiger charge is -2.31. The van der Waals surface area contributed by atoms with Crippen LogP contribution in [0.4, 0.5) is 0 Å². The summed E-state index contributed by atoms with van der Waals surface area (Å²) in [5.41, 5.74) is -0.287. The van der Waals surface area contributed by atoms with Crippen molar-refractivity contribution in [3.05, 3.63) is 0 Å².